The summed E-state index contributed by atoms with van der Waals surface area (Å²) in [5.41, 5.74) is 0.598. The second-order valence-electron chi connectivity index (χ2n) is 18.3. The molecule has 1 aromatic carbocycles. The number of aldehydes is 1. The maximum atomic E-state index is 12.0. The number of hydrogen-bond acceptors (Lipinski definition) is 4. The molecule has 4 heteroatoms. The first-order valence-electron chi connectivity index (χ1n) is 26.8. The smallest absolute Gasteiger partial charge is 0.203 e. The van der Waals surface area contributed by atoms with Crippen molar-refractivity contribution in [3.8, 4) is 17.2 Å². The minimum Gasteiger partial charge on any atom is -0.490 e. The molecule has 0 unspecified atom stereocenters. The third-order valence-electron chi connectivity index (χ3n) is 12.4. The molecule has 4 nitrogen and oxygen atoms in total. The minimum absolute atomic E-state index is 0.598. The van der Waals surface area contributed by atoms with Gasteiger partial charge >= 0.3 is 0 Å². The van der Waals surface area contributed by atoms with Gasteiger partial charge in [0.15, 0.2) is 11.5 Å². The fourth-order valence-electron chi connectivity index (χ4n) is 8.45. The highest BCUT2D eigenvalue weighted by Gasteiger charge is 2.16. The predicted octanol–water partition coefficient (Wildman–Crippen LogP) is 19.1. The van der Waals surface area contributed by atoms with Gasteiger partial charge < -0.3 is 14.2 Å². The Morgan fingerprint density at radius 3 is 0.729 bits per heavy atom. The average molecular weight is 827 g/mol. The van der Waals surface area contributed by atoms with Gasteiger partial charge in [0.1, 0.15) is 6.29 Å². The van der Waals surface area contributed by atoms with E-state index in [1.807, 2.05) is 12.1 Å². The van der Waals surface area contributed by atoms with Crippen molar-refractivity contribution in [1.29, 1.82) is 0 Å². The number of benzene rings is 1. The van der Waals surface area contributed by atoms with Gasteiger partial charge in [-0.3, -0.25) is 4.79 Å². The van der Waals surface area contributed by atoms with Crippen molar-refractivity contribution in [3.63, 3.8) is 0 Å². The van der Waals surface area contributed by atoms with Gasteiger partial charge in [0.25, 0.3) is 0 Å². The molecular weight excluding hydrogens is 725 g/mol. The van der Waals surface area contributed by atoms with Gasteiger partial charge in [-0.05, 0) is 31.4 Å². The van der Waals surface area contributed by atoms with Gasteiger partial charge in [-0.1, -0.05) is 271 Å². The highest BCUT2D eigenvalue weighted by atomic mass is 16.5. The third-order valence-corrected chi connectivity index (χ3v) is 12.4. The van der Waals surface area contributed by atoms with Crippen LogP contribution in [0.5, 0.6) is 17.2 Å². The zero-order valence-electron chi connectivity index (χ0n) is 40.2. The van der Waals surface area contributed by atoms with Gasteiger partial charge in [-0.15, -0.1) is 0 Å². The van der Waals surface area contributed by atoms with Crippen molar-refractivity contribution in [2.75, 3.05) is 19.8 Å². The van der Waals surface area contributed by atoms with Crippen LogP contribution in [-0.2, 0) is 0 Å². The molecule has 0 radical (unpaired) electrons. The van der Waals surface area contributed by atoms with Crippen molar-refractivity contribution in [2.45, 2.75) is 290 Å². The van der Waals surface area contributed by atoms with Crippen molar-refractivity contribution in [1.82, 2.24) is 0 Å². The van der Waals surface area contributed by atoms with Gasteiger partial charge in [-0.25, -0.2) is 0 Å². The highest BCUT2D eigenvalue weighted by molar-refractivity contribution is 5.78. The van der Waals surface area contributed by atoms with E-state index in [-0.39, 0.29) is 0 Å². The van der Waals surface area contributed by atoms with Crippen LogP contribution in [0.1, 0.15) is 301 Å². The lowest BCUT2D eigenvalue weighted by atomic mass is 10.0. The van der Waals surface area contributed by atoms with E-state index in [1.165, 1.54) is 250 Å². The fraction of sp³-hybridized carbons (Fsp3) is 0.873. The number of unbranched alkanes of at least 4 members (excludes halogenated alkanes) is 39. The normalized spacial score (nSPS) is 11.4. The maximum absolute atomic E-state index is 12.0. The van der Waals surface area contributed by atoms with Crippen LogP contribution in [0.15, 0.2) is 12.1 Å². The van der Waals surface area contributed by atoms with Crippen LogP contribution in [0.3, 0.4) is 0 Å². The molecule has 0 bridgehead atoms. The van der Waals surface area contributed by atoms with E-state index >= 15 is 0 Å². The molecule has 0 fully saturated rings. The van der Waals surface area contributed by atoms with Crippen LogP contribution in [0, 0.1) is 0 Å². The standard InChI is InChI=1S/C55H102O4/c1-4-7-10-13-16-19-22-25-28-31-34-37-40-43-46-57-53-49-52(51-56)50-54(58-47-44-41-38-35-32-29-26-23-20-17-14-11-8-5-2)55(53)59-48-45-42-39-36-33-30-27-24-21-18-15-12-9-6-3/h49-51H,4-48H2,1-3H3. The van der Waals surface area contributed by atoms with Crippen LogP contribution in [0.4, 0.5) is 0 Å². The first-order valence-corrected chi connectivity index (χ1v) is 26.8. The largest absolute Gasteiger partial charge is 0.490 e. The zero-order valence-corrected chi connectivity index (χ0v) is 40.2. The topological polar surface area (TPSA) is 44.8 Å². The van der Waals surface area contributed by atoms with Gasteiger partial charge in [0, 0.05) is 5.56 Å². The lowest BCUT2D eigenvalue weighted by Crippen LogP contribution is -2.07. The maximum Gasteiger partial charge on any atom is 0.203 e. The molecule has 0 saturated carbocycles. The van der Waals surface area contributed by atoms with Crippen molar-refractivity contribution >= 4 is 6.29 Å². The molecular formula is C55H102O4. The summed E-state index contributed by atoms with van der Waals surface area (Å²) in [6.45, 7) is 8.83. The Labute approximate surface area is 369 Å². The lowest BCUT2D eigenvalue weighted by Gasteiger charge is -2.18. The lowest BCUT2D eigenvalue weighted by molar-refractivity contribution is 0.112. The third kappa shape index (κ3) is 36.6. The molecule has 1 aromatic rings. The first-order chi connectivity index (χ1) is 29.3. The SMILES string of the molecule is CCCCCCCCCCCCCCCCOc1cc(C=O)cc(OCCCCCCCCCCCCCCCC)c1OCCCCCCCCCCCCCCCC. The fourth-order valence-corrected chi connectivity index (χ4v) is 8.45. The van der Waals surface area contributed by atoms with Crippen LogP contribution >= 0.6 is 0 Å². The molecule has 1 rings (SSSR count). The van der Waals surface area contributed by atoms with E-state index in [4.69, 9.17) is 14.2 Å². The molecule has 59 heavy (non-hydrogen) atoms. The summed E-state index contributed by atoms with van der Waals surface area (Å²) >= 11 is 0. The molecule has 0 N–H and O–H groups in total. The zero-order chi connectivity index (χ0) is 42.4. The summed E-state index contributed by atoms with van der Waals surface area (Å²) in [5, 5.41) is 0. The van der Waals surface area contributed by atoms with E-state index in [0.717, 1.165) is 25.5 Å². The van der Waals surface area contributed by atoms with E-state index in [1.54, 1.807) is 0 Å². The molecule has 0 amide bonds. The molecule has 0 aliphatic heterocycles. The van der Waals surface area contributed by atoms with Crippen molar-refractivity contribution in [2.24, 2.45) is 0 Å². The molecule has 346 valence electrons. The molecule has 0 aliphatic carbocycles. The molecule has 0 saturated heterocycles. The Morgan fingerprint density at radius 1 is 0.305 bits per heavy atom. The highest BCUT2D eigenvalue weighted by Crippen LogP contribution is 2.39. The van der Waals surface area contributed by atoms with Gasteiger partial charge in [0.2, 0.25) is 5.75 Å². The Hall–Kier alpha value is -1.71. The summed E-state index contributed by atoms with van der Waals surface area (Å²) in [5.74, 6) is 2.04. The number of ether oxygens (including phenoxy) is 3. The Bertz CT molecular complexity index is 936. The Morgan fingerprint density at radius 2 is 0.508 bits per heavy atom. The summed E-state index contributed by atoms with van der Waals surface area (Å²) in [4.78, 5) is 12.0. The number of hydrogen-bond donors (Lipinski definition) is 0. The van der Waals surface area contributed by atoms with Crippen LogP contribution < -0.4 is 14.2 Å². The van der Waals surface area contributed by atoms with E-state index in [9.17, 15) is 4.79 Å². The van der Waals surface area contributed by atoms with E-state index < -0.39 is 0 Å². The van der Waals surface area contributed by atoms with E-state index in [0.29, 0.717) is 42.6 Å². The monoisotopic (exact) mass is 827 g/mol. The molecule has 0 aromatic heterocycles. The second kappa shape index (κ2) is 45.8. The van der Waals surface area contributed by atoms with Crippen LogP contribution in [-0.4, -0.2) is 26.1 Å². The summed E-state index contributed by atoms with van der Waals surface area (Å²) in [6, 6.07) is 3.72. The number of carbonyl (C=O) groups excluding carboxylic acids is 1. The Kier molecular flexibility index (Phi) is 42.9. The molecule has 0 spiro atoms. The predicted molar refractivity (Wildman–Crippen MR) is 259 cm³/mol. The quantitative estimate of drug-likeness (QED) is 0.0485. The Balaban J connectivity index is 2.44. The summed E-state index contributed by atoms with van der Waals surface area (Å²) < 4.78 is 19.2. The average Bonchev–Trinajstić information content (AvgIpc) is 3.25. The molecule has 0 heterocycles. The van der Waals surface area contributed by atoms with Crippen LogP contribution in [0.2, 0.25) is 0 Å². The first kappa shape index (κ1) is 55.3. The molecule has 0 aliphatic rings. The van der Waals surface area contributed by atoms with Crippen LogP contribution in [0.25, 0.3) is 0 Å². The summed E-state index contributed by atoms with van der Waals surface area (Å²) in [6.07, 6.45) is 57.3. The number of carbonyl (C=O) groups is 1. The van der Waals surface area contributed by atoms with Crippen molar-refractivity contribution in [3.05, 3.63) is 17.7 Å². The number of rotatable bonds is 49. The van der Waals surface area contributed by atoms with Crippen molar-refractivity contribution < 1.29 is 19.0 Å². The second-order valence-corrected chi connectivity index (χ2v) is 18.3. The van der Waals surface area contributed by atoms with E-state index in [2.05, 4.69) is 20.8 Å². The van der Waals surface area contributed by atoms with Gasteiger partial charge in [-0.2, -0.15) is 0 Å². The molecule has 0 atom stereocenters. The summed E-state index contributed by atoms with van der Waals surface area (Å²) in [7, 11) is 0. The minimum atomic E-state index is 0.598. The van der Waals surface area contributed by atoms with Gasteiger partial charge in [0.05, 0.1) is 19.8 Å².